The summed E-state index contributed by atoms with van der Waals surface area (Å²) in [7, 11) is 1.66. The Morgan fingerprint density at radius 2 is 2.21 bits per heavy atom. The minimum atomic E-state index is 0.575. The first-order valence-electron chi connectivity index (χ1n) is 6.33. The van der Waals surface area contributed by atoms with E-state index >= 15 is 0 Å². The van der Waals surface area contributed by atoms with Gasteiger partial charge >= 0.3 is 0 Å². The van der Waals surface area contributed by atoms with Crippen molar-refractivity contribution in [2.24, 2.45) is 4.99 Å². The van der Waals surface area contributed by atoms with Crippen LogP contribution in [-0.4, -0.2) is 20.0 Å². The molecule has 102 valence electrons. The van der Waals surface area contributed by atoms with E-state index in [0.717, 1.165) is 28.2 Å². The first-order valence-corrected chi connectivity index (χ1v) is 6.33. The molecule has 19 heavy (non-hydrogen) atoms. The Labute approximate surface area is 115 Å². The normalized spacial score (nSPS) is 16.8. The van der Waals surface area contributed by atoms with E-state index in [1.807, 2.05) is 51.3 Å². The topological polar surface area (TPSA) is 33.6 Å². The lowest BCUT2D eigenvalue weighted by molar-refractivity contribution is 0.295. The van der Waals surface area contributed by atoms with E-state index in [1.54, 1.807) is 7.11 Å². The van der Waals surface area contributed by atoms with Gasteiger partial charge in [0.2, 0.25) is 0 Å². The van der Waals surface area contributed by atoms with Gasteiger partial charge in [0.1, 0.15) is 12.4 Å². The summed E-state index contributed by atoms with van der Waals surface area (Å²) in [6.45, 7) is 10.7. The van der Waals surface area contributed by atoms with Crippen molar-refractivity contribution >= 4 is 6.21 Å². The largest absolute Gasteiger partial charge is 0.495 e. The van der Waals surface area contributed by atoms with Crippen LogP contribution in [-0.2, 0) is 4.74 Å². The highest BCUT2D eigenvalue weighted by Crippen LogP contribution is 2.19. The van der Waals surface area contributed by atoms with Gasteiger partial charge in [0, 0.05) is 6.21 Å². The summed E-state index contributed by atoms with van der Waals surface area (Å²) in [5.74, 6) is 0.775. The Kier molecular flexibility index (Phi) is 5.86. The third kappa shape index (κ3) is 3.98. The summed E-state index contributed by atoms with van der Waals surface area (Å²) in [6, 6.07) is 0. The van der Waals surface area contributed by atoms with Crippen LogP contribution >= 0.6 is 0 Å². The van der Waals surface area contributed by atoms with Gasteiger partial charge in [-0.1, -0.05) is 24.8 Å². The average Bonchev–Trinajstić information content (AvgIpc) is 2.42. The van der Waals surface area contributed by atoms with Gasteiger partial charge in [0.15, 0.2) is 0 Å². The molecule has 0 aromatic rings. The molecule has 3 nitrogen and oxygen atoms in total. The molecule has 0 fully saturated rings. The third-order valence-corrected chi connectivity index (χ3v) is 2.83. The van der Waals surface area contributed by atoms with Crippen LogP contribution in [0.25, 0.3) is 0 Å². The number of allylic oxidation sites excluding steroid dienone is 7. The fourth-order valence-electron chi connectivity index (χ4n) is 1.84. The highest BCUT2D eigenvalue weighted by Gasteiger charge is 2.11. The van der Waals surface area contributed by atoms with E-state index < -0.39 is 0 Å². The molecule has 0 aromatic heterocycles. The summed E-state index contributed by atoms with van der Waals surface area (Å²) < 4.78 is 5.47. The predicted molar refractivity (Wildman–Crippen MR) is 82.0 cm³/mol. The zero-order valence-corrected chi connectivity index (χ0v) is 12.2. The molecule has 3 heteroatoms. The Morgan fingerprint density at radius 1 is 1.47 bits per heavy atom. The van der Waals surface area contributed by atoms with Crippen molar-refractivity contribution in [2.45, 2.75) is 20.8 Å². The highest BCUT2D eigenvalue weighted by atomic mass is 16.5. The van der Waals surface area contributed by atoms with Gasteiger partial charge in [-0.3, -0.25) is 4.99 Å². The van der Waals surface area contributed by atoms with Crippen molar-refractivity contribution in [3.8, 4) is 0 Å². The maximum Gasteiger partial charge on any atom is 0.142 e. The van der Waals surface area contributed by atoms with Gasteiger partial charge in [-0.05, 0) is 43.6 Å². The summed E-state index contributed by atoms with van der Waals surface area (Å²) in [6.07, 6.45) is 9.85. The molecular weight excluding hydrogens is 236 g/mol. The maximum atomic E-state index is 5.47. The van der Waals surface area contributed by atoms with Gasteiger partial charge in [-0.25, -0.2) is 0 Å². The minimum Gasteiger partial charge on any atom is -0.495 e. The molecule has 0 aromatic carbocycles. The lowest BCUT2D eigenvalue weighted by atomic mass is 10.0. The molecular formula is C16H22N2O. The number of aliphatic imine (C=N–C) groups is 1. The van der Waals surface area contributed by atoms with Crippen molar-refractivity contribution in [3.05, 3.63) is 59.1 Å². The number of rotatable bonds is 5. The standard InChI is InChI=1S/C16H22N2O/c1-6-8-14(7-2)12(3)9-15(19-5)16-13(4)10-17-11-18-16/h6-10,18H,3,11H2,1-2,4-5H3/b8-6-,14-7+,15-9+. The fraction of sp³-hybridized carbons (Fsp3) is 0.312. The molecule has 0 atom stereocenters. The van der Waals surface area contributed by atoms with Crippen LogP contribution in [0.1, 0.15) is 20.8 Å². The molecule has 1 N–H and O–H groups in total. The van der Waals surface area contributed by atoms with Crippen LogP contribution in [0, 0.1) is 0 Å². The molecule has 0 saturated heterocycles. The lowest BCUT2D eigenvalue weighted by Gasteiger charge is -2.18. The van der Waals surface area contributed by atoms with E-state index in [4.69, 9.17) is 4.74 Å². The van der Waals surface area contributed by atoms with E-state index in [1.165, 1.54) is 0 Å². The zero-order chi connectivity index (χ0) is 14.3. The first kappa shape index (κ1) is 15.0. The second kappa shape index (κ2) is 7.41. The van der Waals surface area contributed by atoms with Crippen LogP contribution in [0.15, 0.2) is 64.1 Å². The van der Waals surface area contributed by atoms with E-state index in [0.29, 0.717) is 6.67 Å². The molecule has 1 heterocycles. The summed E-state index contributed by atoms with van der Waals surface area (Å²) in [4.78, 5) is 4.16. The Bertz CT molecular complexity index is 491. The molecule has 0 amide bonds. The molecule has 0 unspecified atom stereocenters. The Hall–Kier alpha value is -2.03. The first-order chi connectivity index (χ1) is 9.13. The highest BCUT2D eigenvalue weighted by molar-refractivity contribution is 5.80. The Balaban J connectivity index is 3.06. The smallest absolute Gasteiger partial charge is 0.142 e. The predicted octanol–water partition coefficient (Wildman–Crippen LogP) is 3.50. The van der Waals surface area contributed by atoms with E-state index in [9.17, 15) is 0 Å². The molecule has 1 aliphatic heterocycles. The van der Waals surface area contributed by atoms with Gasteiger partial charge in [0.25, 0.3) is 0 Å². The fourth-order valence-corrected chi connectivity index (χ4v) is 1.84. The van der Waals surface area contributed by atoms with Crippen molar-refractivity contribution in [2.75, 3.05) is 13.8 Å². The SMILES string of the molecule is C=C(/C=C(/OC)C1=C(C)C=NCN1)C(/C=C\C)=C/C. The molecule has 0 spiro atoms. The lowest BCUT2D eigenvalue weighted by Crippen LogP contribution is -2.21. The second-order valence-corrected chi connectivity index (χ2v) is 4.19. The van der Waals surface area contributed by atoms with Crippen molar-refractivity contribution < 1.29 is 4.74 Å². The minimum absolute atomic E-state index is 0.575. The molecule has 1 rings (SSSR count). The van der Waals surface area contributed by atoms with Gasteiger partial charge in [0.05, 0.1) is 12.8 Å². The van der Waals surface area contributed by atoms with Crippen molar-refractivity contribution in [3.63, 3.8) is 0 Å². The summed E-state index contributed by atoms with van der Waals surface area (Å²) >= 11 is 0. The van der Waals surface area contributed by atoms with Crippen LogP contribution < -0.4 is 5.32 Å². The maximum absolute atomic E-state index is 5.47. The number of hydrogen-bond acceptors (Lipinski definition) is 3. The number of ether oxygens (including phenoxy) is 1. The molecule has 0 saturated carbocycles. The molecule has 0 bridgehead atoms. The summed E-state index contributed by atoms with van der Waals surface area (Å²) in [5, 5.41) is 3.22. The van der Waals surface area contributed by atoms with E-state index in [2.05, 4.69) is 16.9 Å². The van der Waals surface area contributed by atoms with Crippen LogP contribution in [0.5, 0.6) is 0 Å². The molecule has 0 radical (unpaired) electrons. The van der Waals surface area contributed by atoms with Crippen LogP contribution in [0.4, 0.5) is 0 Å². The number of nitrogens with zero attached hydrogens (tertiary/aromatic N) is 1. The molecule has 0 aliphatic carbocycles. The number of hydrogen-bond donors (Lipinski definition) is 1. The van der Waals surface area contributed by atoms with Gasteiger partial charge < -0.3 is 10.1 Å². The number of nitrogens with one attached hydrogen (secondary N) is 1. The van der Waals surface area contributed by atoms with Crippen molar-refractivity contribution in [1.82, 2.24) is 5.32 Å². The second-order valence-electron chi connectivity index (χ2n) is 4.19. The van der Waals surface area contributed by atoms with Gasteiger partial charge in [-0.15, -0.1) is 0 Å². The third-order valence-electron chi connectivity index (χ3n) is 2.83. The van der Waals surface area contributed by atoms with Crippen molar-refractivity contribution in [1.29, 1.82) is 0 Å². The average molecular weight is 258 g/mol. The van der Waals surface area contributed by atoms with E-state index in [-0.39, 0.29) is 0 Å². The van der Waals surface area contributed by atoms with Crippen LogP contribution in [0.2, 0.25) is 0 Å². The summed E-state index contributed by atoms with van der Waals surface area (Å²) in [5.41, 5.74) is 4.02. The monoisotopic (exact) mass is 258 g/mol. The zero-order valence-electron chi connectivity index (χ0n) is 12.2. The van der Waals surface area contributed by atoms with Gasteiger partial charge in [-0.2, -0.15) is 0 Å². The molecule has 1 aliphatic rings. The Morgan fingerprint density at radius 3 is 2.74 bits per heavy atom. The number of methoxy groups -OCH3 is 1. The quantitative estimate of drug-likeness (QED) is 0.605. The van der Waals surface area contributed by atoms with Crippen LogP contribution in [0.3, 0.4) is 0 Å².